The minimum atomic E-state index is 0. The first-order chi connectivity index (χ1) is 1.41. The zero-order valence-electron chi connectivity index (χ0n) is 3.10. The van der Waals surface area contributed by atoms with Gasteiger partial charge in [0.05, 0.1) is 0 Å². The summed E-state index contributed by atoms with van der Waals surface area (Å²) in [7, 11) is 0. The molecule has 0 heterocycles. The Hall–Kier alpha value is 0.320. The van der Waals surface area contributed by atoms with Crippen molar-refractivity contribution in [3.05, 3.63) is 12.7 Å². The monoisotopic (exact) mass is 114 g/mol. The third kappa shape index (κ3) is 227. The maximum atomic E-state index is 3.36. The molecule has 0 radical (unpaired) electrons. The molecule has 0 nitrogen and oxygen atoms in total. The molecule has 0 atom stereocenters. The Morgan fingerprint density at radius 1 is 1.40 bits per heavy atom. The van der Waals surface area contributed by atoms with Crippen molar-refractivity contribution in [3.8, 4) is 0 Å². The Labute approximate surface area is 45.1 Å². The lowest BCUT2D eigenvalue weighted by Crippen LogP contribution is -1.07. The summed E-state index contributed by atoms with van der Waals surface area (Å²) in [6.07, 6.45) is 1.75. The number of halogens is 2. The summed E-state index contributed by atoms with van der Waals surface area (Å²) in [4.78, 5) is 0. The maximum Gasteiger partial charge on any atom is -0.0473 e. The van der Waals surface area contributed by atoms with Crippen LogP contribution in [0.2, 0.25) is 0 Å². The molecule has 0 aromatic carbocycles. The molecular weight excluding hydrogens is 107 g/mol. The molecule has 34 valence electrons. The normalized spacial score (nSPS) is 2.60. The van der Waals surface area contributed by atoms with Crippen molar-refractivity contribution >= 4 is 24.8 Å². The molecule has 0 aromatic heterocycles. The van der Waals surface area contributed by atoms with Crippen LogP contribution in [0.4, 0.5) is 0 Å². The Balaban J connectivity index is -0.0000000200. The van der Waals surface area contributed by atoms with Crippen LogP contribution in [0.1, 0.15) is 6.92 Å². The fraction of sp³-hybridized carbons (Fsp3) is 0.333. The Morgan fingerprint density at radius 3 is 1.40 bits per heavy atom. The fourth-order valence-corrected chi connectivity index (χ4v) is 0. The first kappa shape index (κ1) is 18.4. The fourth-order valence-electron chi connectivity index (χ4n) is 0. The summed E-state index contributed by atoms with van der Waals surface area (Å²) in [6.45, 7) is 5.25. The van der Waals surface area contributed by atoms with Gasteiger partial charge in [-0.25, -0.2) is 0 Å². The van der Waals surface area contributed by atoms with Gasteiger partial charge in [0.2, 0.25) is 0 Å². The van der Waals surface area contributed by atoms with E-state index >= 15 is 0 Å². The van der Waals surface area contributed by atoms with Gasteiger partial charge in [0.1, 0.15) is 0 Å². The highest BCUT2D eigenvalue weighted by Crippen LogP contribution is 1.38. The van der Waals surface area contributed by atoms with Crippen molar-refractivity contribution in [2.24, 2.45) is 0 Å². The lowest BCUT2D eigenvalue weighted by atomic mass is 10.8. The second kappa shape index (κ2) is 27.3. The van der Waals surface area contributed by atoms with Gasteiger partial charge in [-0.05, 0) is 6.92 Å². The van der Waals surface area contributed by atoms with E-state index in [1.54, 1.807) is 6.08 Å². The van der Waals surface area contributed by atoms with E-state index < -0.39 is 0 Å². The van der Waals surface area contributed by atoms with Gasteiger partial charge >= 0.3 is 0 Å². The molecule has 0 amide bonds. The van der Waals surface area contributed by atoms with E-state index in [0.29, 0.717) is 0 Å². The standard InChI is InChI=1S/C3H6.2ClH/c1-3-2;;/h3H,1H2,2H3;2*1H. The minimum absolute atomic E-state index is 0. The summed E-state index contributed by atoms with van der Waals surface area (Å²) < 4.78 is 0. The average molecular weight is 115 g/mol. The third-order valence-corrected chi connectivity index (χ3v) is 0. The van der Waals surface area contributed by atoms with Gasteiger partial charge < -0.3 is 0 Å². The summed E-state index contributed by atoms with van der Waals surface area (Å²) in [5.41, 5.74) is 0. The van der Waals surface area contributed by atoms with Crippen LogP contribution in [0, 0.1) is 0 Å². The molecule has 0 saturated carbocycles. The van der Waals surface area contributed by atoms with Gasteiger partial charge in [0.15, 0.2) is 0 Å². The van der Waals surface area contributed by atoms with Crippen LogP contribution >= 0.6 is 24.8 Å². The summed E-state index contributed by atoms with van der Waals surface area (Å²) in [5.74, 6) is 0. The van der Waals surface area contributed by atoms with Crippen molar-refractivity contribution in [1.29, 1.82) is 0 Å². The Morgan fingerprint density at radius 2 is 1.40 bits per heavy atom. The zero-order chi connectivity index (χ0) is 2.71. The van der Waals surface area contributed by atoms with Gasteiger partial charge in [-0.15, -0.1) is 31.4 Å². The smallest absolute Gasteiger partial charge is 0.0473 e. The molecule has 0 aliphatic heterocycles. The molecule has 0 aliphatic rings. The van der Waals surface area contributed by atoms with Crippen LogP contribution < -0.4 is 0 Å². The molecule has 0 fully saturated rings. The van der Waals surface area contributed by atoms with Gasteiger partial charge in [0.25, 0.3) is 0 Å². The van der Waals surface area contributed by atoms with Crippen LogP contribution in [0.3, 0.4) is 0 Å². The van der Waals surface area contributed by atoms with Crippen LogP contribution in [-0.2, 0) is 0 Å². The minimum Gasteiger partial charge on any atom is -0.147 e. The highest BCUT2D eigenvalue weighted by atomic mass is 35.5. The number of allylic oxidation sites excluding steroid dienone is 1. The van der Waals surface area contributed by atoms with Gasteiger partial charge in [-0.3, -0.25) is 0 Å². The number of rotatable bonds is 0. The van der Waals surface area contributed by atoms with E-state index in [-0.39, 0.29) is 24.8 Å². The van der Waals surface area contributed by atoms with E-state index in [0.717, 1.165) is 0 Å². The van der Waals surface area contributed by atoms with E-state index in [4.69, 9.17) is 0 Å². The van der Waals surface area contributed by atoms with E-state index in [2.05, 4.69) is 6.58 Å². The molecule has 0 rings (SSSR count). The molecule has 0 bridgehead atoms. The maximum absolute atomic E-state index is 3.36. The van der Waals surface area contributed by atoms with E-state index in [1.165, 1.54) is 0 Å². The molecule has 0 saturated heterocycles. The SMILES string of the molecule is C=CC.Cl.Cl. The predicted octanol–water partition coefficient (Wildman–Crippen LogP) is 2.04. The molecule has 0 spiro atoms. The van der Waals surface area contributed by atoms with Crippen molar-refractivity contribution in [3.63, 3.8) is 0 Å². The highest BCUT2D eigenvalue weighted by Gasteiger charge is 1.15. The zero-order valence-corrected chi connectivity index (χ0v) is 4.73. The summed E-state index contributed by atoms with van der Waals surface area (Å²) in [6, 6.07) is 0. The molecule has 5 heavy (non-hydrogen) atoms. The summed E-state index contributed by atoms with van der Waals surface area (Å²) in [5, 5.41) is 0. The van der Waals surface area contributed by atoms with Crippen molar-refractivity contribution in [1.82, 2.24) is 0 Å². The molecule has 0 aliphatic carbocycles. The molecule has 0 N–H and O–H groups in total. The predicted molar refractivity (Wildman–Crippen MR) is 30.4 cm³/mol. The van der Waals surface area contributed by atoms with Crippen molar-refractivity contribution < 1.29 is 0 Å². The molecule has 0 aromatic rings. The first-order valence-electron chi connectivity index (χ1n) is 0.986. The summed E-state index contributed by atoms with van der Waals surface area (Å²) >= 11 is 0. The molecule has 2 heteroatoms. The number of hydrogen-bond donors (Lipinski definition) is 0. The lowest BCUT2D eigenvalue weighted by molar-refractivity contribution is 1.80. The topological polar surface area (TPSA) is 0 Å². The molecule has 0 unspecified atom stereocenters. The highest BCUT2D eigenvalue weighted by molar-refractivity contribution is 5.85. The lowest BCUT2D eigenvalue weighted by Gasteiger charge is -1.31. The van der Waals surface area contributed by atoms with Crippen LogP contribution in [-0.4, -0.2) is 0 Å². The van der Waals surface area contributed by atoms with Crippen LogP contribution in [0.25, 0.3) is 0 Å². The first-order valence-corrected chi connectivity index (χ1v) is 0.986. The van der Waals surface area contributed by atoms with Crippen LogP contribution in [0.15, 0.2) is 12.7 Å². The van der Waals surface area contributed by atoms with Gasteiger partial charge in [0, 0.05) is 0 Å². The third-order valence-electron chi connectivity index (χ3n) is 0. The van der Waals surface area contributed by atoms with Crippen molar-refractivity contribution in [2.45, 2.75) is 6.92 Å². The van der Waals surface area contributed by atoms with E-state index in [9.17, 15) is 0 Å². The quantitative estimate of drug-likeness (QED) is 0.423. The van der Waals surface area contributed by atoms with E-state index in [1.807, 2.05) is 6.92 Å². The second-order valence-electron chi connectivity index (χ2n) is 0.408. The van der Waals surface area contributed by atoms with Gasteiger partial charge in [-0.1, -0.05) is 6.08 Å². The van der Waals surface area contributed by atoms with Crippen molar-refractivity contribution in [2.75, 3.05) is 0 Å². The second-order valence-corrected chi connectivity index (χ2v) is 0.408. The Bertz CT molecular complexity index is 12.4. The van der Waals surface area contributed by atoms with Crippen LogP contribution in [0.5, 0.6) is 0 Å². The Kier molecular flexibility index (Phi) is 101. The number of hydrogen-bond acceptors (Lipinski definition) is 0. The van der Waals surface area contributed by atoms with Gasteiger partial charge in [-0.2, -0.15) is 0 Å². The molecular formula is C3H8Cl2. The average Bonchev–Trinajstić information content (AvgIpc) is 0.918. The largest absolute Gasteiger partial charge is 0.147 e.